The Bertz CT molecular complexity index is 431. The molecule has 0 aliphatic rings. The number of thioether (sulfide) groups is 1. The van der Waals surface area contributed by atoms with Crippen LogP contribution < -0.4 is 5.32 Å². The predicted molar refractivity (Wildman–Crippen MR) is 76.4 cm³/mol. The molecule has 0 heterocycles. The van der Waals surface area contributed by atoms with Gasteiger partial charge in [-0.05, 0) is 25.5 Å². The van der Waals surface area contributed by atoms with E-state index in [0.717, 1.165) is 4.90 Å². The molecular weight excluding hydrogens is 262 g/mol. The number of carbonyl (C=O) groups excluding carboxylic acids is 1. The summed E-state index contributed by atoms with van der Waals surface area (Å²) < 4.78 is 0. The fourth-order valence-corrected chi connectivity index (χ4v) is 2.27. The van der Waals surface area contributed by atoms with Gasteiger partial charge in [-0.1, -0.05) is 24.6 Å². The van der Waals surface area contributed by atoms with E-state index in [0.29, 0.717) is 12.2 Å². The second-order valence-electron chi connectivity index (χ2n) is 4.37. The molecule has 0 spiro atoms. The van der Waals surface area contributed by atoms with E-state index in [-0.39, 0.29) is 18.4 Å². The van der Waals surface area contributed by atoms with E-state index >= 15 is 0 Å². The van der Waals surface area contributed by atoms with Crippen molar-refractivity contribution < 1.29 is 14.7 Å². The summed E-state index contributed by atoms with van der Waals surface area (Å²) in [5.74, 6) is -0.712. The number of hydrogen-bond donors (Lipinski definition) is 2. The van der Waals surface area contributed by atoms with E-state index in [4.69, 9.17) is 5.11 Å². The highest BCUT2D eigenvalue weighted by molar-refractivity contribution is 8.00. The van der Waals surface area contributed by atoms with Crippen LogP contribution in [0.15, 0.2) is 29.2 Å². The minimum absolute atomic E-state index is 0.0303. The lowest BCUT2D eigenvalue weighted by Gasteiger charge is -2.14. The quantitative estimate of drug-likeness (QED) is 0.753. The monoisotopic (exact) mass is 281 g/mol. The van der Waals surface area contributed by atoms with Gasteiger partial charge >= 0.3 is 5.97 Å². The van der Waals surface area contributed by atoms with Gasteiger partial charge in [0.25, 0.3) is 0 Å². The number of carboxylic acid groups (broad SMARTS) is 1. The predicted octanol–water partition coefficient (Wildman–Crippen LogP) is 2.46. The van der Waals surface area contributed by atoms with Crippen LogP contribution in [0.25, 0.3) is 0 Å². The summed E-state index contributed by atoms with van der Waals surface area (Å²) in [6.07, 6.45) is 0.588. The van der Waals surface area contributed by atoms with E-state index in [9.17, 15) is 9.59 Å². The molecule has 19 heavy (non-hydrogen) atoms. The Hall–Kier alpha value is -1.49. The van der Waals surface area contributed by atoms with Crippen molar-refractivity contribution in [1.29, 1.82) is 0 Å². The normalized spacial score (nSPS) is 11.9. The Morgan fingerprint density at radius 3 is 2.47 bits per heavy atom. The van der Waals surface area contributed by atoms with Gasteiger partial charge in [-0.2, -0.15) is 0 Å². The molecule has 0 saturated carbocycles. The van der Waals surface area contributed by atoms with Crippen molar-refractivity contribution >= 4 is 23.6 Å². The van der Waals surface area contributed by atoms with Crippen molar-refractivity contribution in [2.45, 2.75) is 37.6 Å². The molecule has 1 atom stereocenters. The second-order valence-corrected chi connectivity index (χ2v) is 5.42. The maximum Gasteiger partial charge on any atom is 0.305 e. The number of aliphatic carboxylic acids is 1. The summed E-state index contributed by atoms with van der Waals surface area (Å²) in [5, 5.41) is 11.4. The van der Waals surface area contributed by atoms with Gasteiger partial charge in [0.1, 0.15) is 0 Å². The molecule has 104 valence electrons. The smallest absolute Gasteiger partial charge is 0.305 e. The van der Waals surface area contributed by atoms with Gasteiger partial charge in [0.05, 0.1) is 12.2 Å². The second kappa shape index (κ2) is 7.84. The van der Waals surface area contributed by atoms with Crippen LogP contribution in [-0.4, -0.2) is 28.8 Å². The molecule has 0 aliphatic heterocycles. The summed E-state index contributed by atoms with van der Waals surface area (Å²) in [5.41, 5.74) is 1.18. The van der Waals surface area contributed by atoms with Crippen molar-refractivity contribution in [3.8, 4) is 0 Å². The maximum atomic E-state index is 11.7. The number of hydrogen-bond acceptors (Lipinski definition) is 3. The van der Waals surface area contributed by atoms with Crippen molar-refractivity contribution in [1.82, 2.24) is 5.32 Å². The van der Waals surface area contributed by atoms with E-state index in [1.807, 2.05) is 38.1 Å². The first-order valence-electron chi connectivity index (χ1n) is 6.22. The fraction of sp³-hybridized carbons (Fsp3) is 0.429. The molecule has 5 heteroatoms. The van der Waals surface area contributed by atoms with E-state index in [2.05, 4.69) is 5.32 Å². The maximum absolute atomic E-state index is 11.7. The molecular formula is C14H19NO3S. The third-order valence-corrected chi connectivity index (χ3v) is 3.68. The lowest BCUT2D eigenvalue weighted by Crippen LogP contribution is -2.37. The third kappa shape index (κ3) is 6.29. The van der Waals surface area contributed by atoms with Gasteiger partial charge in [-0.3, -0.25) is 9.59 Å². The van der Waals surface area contributed by atoms with Crippen LogP contribution in [-0.2, 0) is 9.59 Å². The van der Waals surface area contributed by atoms with Crippen LogP contribution in [0.1, 0.15) is 25.3 Å². The summed E-state index contributed by atoms with van der Waals surface area (Å²) in [7, 11) is 0. The van der Waals surface area contributed by atoms with Gasteiger partial charge in [-0.15, -0.1) is 11.8 Å². The standard InChI is InChI=1S/C14H19NO3S/c1-3-11(8-14(17)18)15-13(16)9-19-12-6-4-10(2)5-7-12/h4-7,11H,3,8-9H2,1-2H3,(H,15,16)(H,17,18). The third-order valence-electron chi connectivity index (χ3n) is 2.67. The summed E-state index contributed by atoms with van der Waals surface area (Å²) in [4.78, 5) is 23.3. The molecule has 0 radical (unpaired) electrons. The van der Waals surface area contributed by atoms with Crippen LogP contribution in [0, 0.1) is 6.92 Å². The Morgan fingerprint density at radius 1 is 1.32 bits per heavy atom. The molecule has 0 aromatic heterocycles. The number of aryl methyl sites for hydroxylation is 1. The molecule has 1 rings (SSSR count). The highest BCUT2D eigenvalue weighted by atomic mass is 32.2. The molecule has 0 bridgehead atoms. The minimum atomic E-state index is -0.890. The van der Waals surface area contributed by atoms with Crippen molar-refractivity contribution in [2.75, 3.05) is 5.75 Å². The molecule has 1 unspecified atom stereocenters. The molecule has 0 aliphatic carbocycles. The zero-order valence-corrected chi connectivity index (χ0v) is 12.0. The van der Waals surface area contributed by atoms with Crippen molar-refractivity contribution in [3.63, 3.8) is 0 Å². The summed E-state index contributed by atoms with van der Waals surface area (Å²) in [6.45, 7) is 3.87. The zero-order valence-electron chi connectivity index (χ0n) is 11.2. The van der Waals surface area contributed by atoms with Gasteiger partial charge in [0.2, 0.25) is 5.91 Å². The Kier molecular flexibility index (Phi) is 6.42. The van der Waals surface area contributed by atoms with E-state index in [1.165, 1.54) is 17.3 Å². The van der Waals surface area contributed by atoms with Crippen LogP contribution >= 0.6 is 11.8 Å². The molecule has 0 saturated heterocycles. The number of carboxylic acids is 1. The summed E-state index contributed by atoms with van der Waals surface area (Å²) >= 11 is 1.45. The lowest BCUT2D eigenvalue weighted by molar-refractivity contribution is -0.137. The summed E-state index contributed by atoms with van der Waals surface area (Å²) in [6, 6.07) is 7.66. The van der Waals surface area contributed by atoms with Gasteiger partial charge in [-0.25, -0.2) is 0 Å². The molecule has 4 nitrogen and oxygen atoms in total. The first-order chi connectivity index (χ1) is 9.01. The van der Waals surface area contributed by atoms with Gasteiger partial charge < -0.3 is 10.4 Å². The number of benzene rings is 1. The topological polar surface area (TPSA) is 66.4 Å². The van der Waals surface area contributed by atoms with Crippen LogP contribution in [0.3, 0.4) is 0 Å². The number of carbonyl (C=O) groups is 2. The van der Waals surface area contributed by atoms with E-state index in [1.54, 1.807) is 0 Å². The minimum Gasteiger partial charge on any atom is -0.481 e. The van der Waals surface area contributed by atoms with Crippen LogP contribution in [0.4, 0.5) is 0 Å². The molecule has 2 N–H and O–H groups in total. The average molecular weight is 281 g/mol. The molecule has 0 fully saturated rings. The van der Waals surface area contributed by atoms with Crippen LogP contribution in [0.2, 0.25) is 0 Å². The van der Waals surface area contributed by atoms with Crippen LogP contribution in [0.5, 0.6) is 0 Å². The Labute approximate surface area is 117 Å². The number of rotatable bonds is 7. The van der Waals surface area contributed by atoms with Crippen molar-refractivity contribution in [3.05, 3.63) is 29.8 Å². The molecule has 1 aromatic rings. The zero-order chi connectivity index (χ0) is 14.3. The lowest BCUT2D eigenvalue weighted by atomic mass is 10.1. The van der Waals surface area contributed by atoms with E-state index < -0.39 is 5.97 Å². The van der Waals surface area contributed by atoms with Gasteiger partial charge in [0, 0.05) is 10.9 Å². The molecule has 1 aromatic carbocycles. The average Bonchev–Trinajstić information content (AvgIpc) is 2.36. The SMILES string of the molecule is CCC(CC(=O)O)NC(=O)CSc1ccc(C)cc1. The number of amides is 1. The fourth-order valence-electron chi connectivity index (χ4n) is 1.56. The first-order valence-corrected chi connectivity index (χ1v) is 7.20. The largest absolute Gasteiger partial charge is 0.481 e. The number of nitrogens with one attached hydrogen (secondary N) is 1. The van der Waals surface area contributed by atoms with Gasteiger partial charge in [0.15, 0.2) is 0 Å². The van der Waals surface area contributed by atoms with Crippen molar-refractivity contribution in [2.24, 2.45) is 0 Å². The first kappa shape index (κ1) is 15.6. The highest BCUT2D eigenvalue weighted by Crippen LogP contribution is 2.17. The Morgan fingerprint density at radius 2 is 1.95 bits per heavy atom. The Balaban J connectivity index is 2.38. The highest BCUT2D eigenvalue weighted by Gasteiger charge is 2.13. The molecule has 1 amide bonds.